The van der Waals surface area contributed by atoms with E-state index in [1.54, 1.807) is 47.7 Å². The van der Waals surface area contributed by atoms with Gasteiger partial charge in [-0.15, -0.1) is 0 Å². The number of rotatable bonds is 6. The van der Waals surface area contributed by atoms with E-state index in [2.05, 4.69) is 10.0 Å². The number of halogens is 4. The zero-order valence-electron chi connectivity index (χ0n) is 23.7. The van der Waals surface area contributed by atoms with Crippen molar-refractivity contribution in [1.82, 2.24) is 5.32 Å². The second kappa shape index (κ2) is 13.0. The van der Waals surface area contributed by atoms with Crippen LogP contribution in [0.4, 0.5) is 13.2 Å². The number of ether oxygens (including phenoxy) is 3. The van der Waals surface area contributed by atoms with E-state index in [-0.39, 0.29) is 38.9 Å². The zero-order valence-corrected chi connectivity index (χ0v) is 25.8. The molecule has 0 saturated carbocycles. The monoisotopic (exact) mass is 734 g/mol. The summed E-state index contributed by atoms with van der Waals surface area (Å²) in [6.45, 7) is 4.29. The van der Waals surface area contributed by atoms with Gasteiger partial charge in [-0.1, -0.05) is 23.3 Å². The number of benzene rings is 2. The highest BCUT2D eigenvalue weighted by molar-refractivity contribution is 14.1. The fourth-order valence-corrected chi connectivity index (χ4v) is 6.25. The first-order valence-electron chi connectivity index (χ1n) is 13.5. The van der Waals surface area contributed by atoms with Crippen molar-refractivity contribution in [1.29, 1.82) is 0 Å². The molecule has 0 unspecified atom stereocenters. The van der Waals surface area contributed by atoms with Gasteiger partial charge in [-0.25, -0.2) is 4.79 Å². The number of azide groups is 1. The number of nitrogens with one attached hydrogen (secondary N) is 1. The molecule has 44 heavy (non-hydrogen) atoms. The number of carbonyl (C=O) groups is 2. The number of amides is 1. The minimum absolute atomic E-state index is 0.0206. The summed E-state index contributed by atoms with van der Waals surface area (Å²) >= 11 is 1.68. The molecule has 0 aromatic heterocycles. The molecule has 2 aliphatic heterocycles. The van der Waals surface area contributed by atoms with Crippen LogP contribution in [0.3, 0.4) is 0 Å². The normalized spacial score (nSPS) is 30.6. The molecule has 2 aromatic carbocycles. The molecule has 238 valence electrons. The average molecular weight is 734 g/mol. The predicted octanol–water partition coefficient (Wildman–Crippen LogP) is 5.10. The standard InChI is InChI=1S/C28H30F3IN4O8/c1-12-21(37)17(35-36-33)10-18(42-12)15-9-16(23(39)20(32)22(15)38)19-11-27(3,34-26(41)28(29,30)31)24(13(2)43-19)44-25(40)14-7-5-4-6-8-14/h4-9,12-13,17-19,21,24,37-39H,10-11H2,1-3H3,(H,34,41)/t12-,13+,17+,18-,19+,21-,24-,27+/m1/s1. The number of aliphatic hydroxyl groups excluding tert-OH is 1. The van der Waals surface area contributed by atoms with Crippen LogP contribution >= 0.6 is 22.6 Å². The van der Waals surface area contributed by atoms with Gasteiger partial charge in [0.25, 0.3) is 0 Å². The first-order chi connectivity index (χ1) is 20.6. The average Bonchev–Trinajstić information content (AvgIpc) is 2.96. The van der Waals surface area contributed by atoms with Crippen LogP contribution in [-0.2, 0) is 19.0 Å². The van der Waals surface area contributed by atoms with E-state index in [0.717, 1.165) is 0 Å². The van der Waals surface area contributed by atoms with E-state index in [1.165, 1.54) is 32.0 Å². The molecule has 2 aliphatic rings. The van der Waals surface area contributed by atoms with Gasteiger partial charge in [-0.3, -0.25) is 4.79 Å². The molecule has 8 atom stereocenters. The number of nitrogens with zero attached hydrogens (tertiary/aromatic N) is 3. The Balaban J connectivity index is 1.73. The number of aromatic hydroxyl groups is 2. The summed E-state index contributed by atoms with van der Waals surface area (Å²) < 4.78 is 57.9. The van der Waals surface area contributed by atoms with Gasteiger partial charge >= 0.3 is 18.1 Å². The van der Waals surface area contributed by atoms with Crippen molar-refractivity contribution in [2.45, 2.75) is 88.0 Å². The van der Waals surface area contributed by atoms with Gasteiger partial charge < -0.3 is 34.8 Å². The Morgan fingerprint density at radius 2 is 1.70 bits per heavy atom. The third kappa shape index (κ3) is 6.83. The molecule has 2 aromatic rings. The minimum atomic E-state index is -5.25. The lowest BCUT2D eigenvalue weighted by Crippen LogP contribution is -2.64. The highest BCUT2D eigenvalue weighted by Crippen LogP contribution is 2.48. The summed E-state index contributed by atoms with van der Waals surface area (Å²) in [7, 11) is 0. The fourth-order valence-electron chi connectivity index (χ4n) is 5.63. The topological polar surface area (TPSA) is 183 Å². The molecule has 0 radical (unpaired) electrons. The summed E-state index contributed by atoms with van der Waals surface area (Å²) in [6, 6.07) is 8.21. The van der Waals surface area contributed by atoms with Crippen LogP contribution in [0.5, 0.6) is 11.5 Å². The first-order valence-corrected chi connectivity index (χ1v) is 14.6. The van der Waals surface area contributed by atoms with Crippen LogP contribution in [0.1, 0.15) is 67.3 Å². The molecule has 0 aliphatic carbocycles. The van der Waals surface area contributed by atoms with Gasteiger partial charge in [0.2, 0.25) is 0 Å². The number of hydrogen-bond donors (Lipinski definition) is 4. The van der Waals surface area contributed by atoms with E-state index in [1.807, 2.05) is 5.32 Å². The molecule has 4 rings (SSSR count). The maximum Gasteiger partial charge on any atom is 0.471 e. The lowest BCUT2D eigenvalue weighted by Gasteiger charge is -2.47. The molecule has 0 bridgehead atoms. The minimum Gasteiger partial charge on any atom is -0.506 e. The van der Waals surface area contributed by atoms with Gasteiger partial charge in [-0.05, 0) is 73.5 Å². The second-order valence-electron chi connectivity index (χ2n) is 11.0. The van der Waals surface area contributed by atoms with Crippen LogP contribution in [0.15, 0.2) is 41.5 Å². The smallest absolute Gasteiger partial charge is 0.471 e. The summed E-state index contributed by atoms with van der Waals surface area (Å²) in [6.07, 6.45) is -12.1. The molecule has 2 heterocycles. The third-order valence-corrected chi connectivity index (χ3v) is 8.84. The van der Waals surface area contributed by atoms with Gasteiger partial charge in [0.05, 0.1) is 51.2 Å². The number of phenols is 2. The fraction of sp³-hybridized carbons (Fsp3) is 0.500. The van der Waals surface area contributed by atoms with Crippen molar-refractivity contribution < 1.29 is 52.3 Å². The van der Waals surface area contributed by atoms with Gasteiger partial charge in [-0.2, -0.15) is 13.2 Å². The van der Waals surface area contributed by atoms with Crippen LogP contribution in [0.2, 0.25) is 0 Å². The Morgan fingerprint density at radius 1 is 1.11 bits per heavy atom. The molecule has 0 spiro atoms. The van der Waals surface area contributed by atoms with E-state index < -0.39 is 72.0 Å². The Morgan fingerprint density at radius 3 is 2.30 bits per heavy atom. The molecule has 2 fully saturated rings. The molecule has 2 saturated heterocycles. The summed E-state index contributed by atoms with van der Waals surface area (Å²) in [5, 5.41) is 38.0. The van der Waals surface area contributed by atoms with Crippen LogP contribution in [0, 0.1) is 3.57 Å². The maximum absolute atomic E-state index is 13.4. The SMILES string of the molecule is C[C@@H]1O[C@H](c2cc([C@H]3C[C@H](N=[N+]=[N-])[C@H](O)[C@@H](C)O3)c(O)c(I)c2O)C[C@](C)(NC(=O)C(F)(F)F)[C@@H]1OC(=O)c1ccccc1. The lowest BCUT2D eigenvalue weighted by atomic mass is 9.80. The highest BCUT2D eigenvalue weighted by atomic mass is 127. The zero-order chi connectivity index (χ0) is 32.6. The summed E-state index contributed by atoms with van der Waals surface area (Å²) in [4.78, 5) is 27.9. The quantitative estimate of drug-likeness (QED) is 0.104. The largest absolute Gasteiger partial charge is 0.506 e. The Labute approximate surface area is 263 Å². The predicted molar refractivity (Wildman–Crippen MR) is 155 cm³/mol. The molecular formula is C28H30F3IN4O8. The Kier molecular flexibility index (Phi) is 9.90. The molecule has 1 amide bonds. The molecule has 12 nitrogen and oxygen atoms in total. The van der Waals surface area contributed by atoms with E-state index in [0.29, 0.717) is 0 Å². The van der Waals surface area contributed by atoms with Crippen molar-refractivity contribution in [3.05, 3.63) is 67.1 Å². The number of phenolic OH excluding ortho intramolecular Hbond substituents is 2. The lowest BCUT2D eigenvalue weighted by molar-refractivity contribution is -0.187. The number of hydrogen-bond acceptors (Lipinski definition) is 9. The van der Waals surface area contributed by atoms with E-state index in [4.69, 9.17) is 19.7 Å². The molecule has 4 N–H and O–H groups in total. The maximum atomic E-state index is 13.4. The van der Waals surface area contributed by atoms with E-state index >= 15 is 0 Å². The Bertz CT molecular complexity index is 1460. The number of carbonyl (C=O) groups excluding carboxylic acids is 2. The van der Waals surface area contributed by atoms with Crippen LogP contribution < -0.4 is 5.32 Å². The summed E-state index contributed by atoms with van der Waals surface area (Å²) in [5.74, 6) is -3.89. The van der Waals surface area contributed by atoms with Crippen molar-refractivity contribution in [2.75, 3.05) is 0 Å². The van der Waals surface area contributed by atoms with E-state index in [9.17, 15) is 38.1 Å². The summed E-state index contributed by atoms with van der Waals surface area (Å²) in [5.41, 5.74) is 7.42. The van der Waals surface area contributed by atoms with Crippen LogP contribution in [0.25, 0.3) is 10.4 Å². The first kappa shape index (κ1) is 33.6. The van der Waals surface area contributed by atoms with Crippen molar-refractivity contribution in [3.63, 3.8) is 0 Å². The van der Waals surface area contributed by atoms with Gasteiger partial charge in [0.1, 0.15) is 11.5 Å². The van der Waals surface area contributed by atoms with Crippen molar-refractivity contribution in [3.8, 4) is 11.5 Å². The second-order valence-corrected chi connectivity index (χ2v) is 12.1. The van der Waals surface area contributed by atoms with Crippen molar-refractivity contribution in [2.24, 2.45) is 5.11 Å². The highest BCUT2D eigenvalue weighted by Gasteiger charge is 2.53. The van der Waals surface area contributed by atoms with Gasteiger partial charge in [0.15, 0.2) is 6.10 Å². The number of aliphatic hydroxyl groups is 1. The third-order valence-electron chi connectivity index (χ3n) is 7.82. The van der Waals surface area contributed by atoms with Crippen LogP contribution in [-0.4, -0.2) is 69.4 Å². The van der Waals surface area contributed by atoms with Gasteiger partial charge in [0, 0.05) is 22.5 Å². The molecule has 16 heteroatoms. The number of esters is 1. The molecular weight excluding hydrogens is 704 g/mol. The Hall–Kier alpha value is -3.31. The van der Waals surface area contributed by atoms with Crippen molar-refractivity contribution >= 4 is 34.5 Å². The number of alkyl halides is 3.